The molecule has 0 heterocycles. The maximum atomic E-state index is 12.7. The molecule has 0 saturated carbocycles. The SMILES string of the molecule is Cc1cc(C)c(C(=O)c2ccc(N(C)C=O)cc2)c(C)c1. The van der Waals surface area contributed by atoms with Crippen LogP contribution < -0.4 is 4.90 Å². The summed E-state index contributed by atoms with van der Waals surface area (Å²) in [7, 11) is 1.68. The Kier molecular flexibility index (Phi) is 4.22. The molecule has 2 rings (SSSR count). The predicted octanol–water partition coefficient (Wildman–Crippen LogP) is 3.44. The first-order valence-corrected chi connectivity index (χ1v) is 6.84. The molecule has 2 aromatic rings. The molecule has 0 aromatic heterocycles. The van der Waals surface area contributed by atoms with Crippen molar-refractivity contribution in [2.45, 2.75) is 20.8 Å². The monoisotopic (exact) mass is 281 g/mol. The van der Waals surface area contributed by atoms with Gasteiger partial charge in [-0.25, -0.2) is 0 Å². The summed E-state index contributed by atoms with van der Waals surface area (Å²) < 4.78 is 0. The molecule has 0 atom stereocenters. The van der Waals surface area contributed by atoms with Crippen molar-refractivity contribution in [2.75, 3.05) is 11.9 Å². The number of hydrogen-bond donors (Lipinski definition) is 0. The van der Waals surface area contributed by atoms with Gasteiger partial charge in [-0.2, -0.15) is 0 Å². The third-order valence-electron chi connectivity index (χ3n) is 3.60. The lowest BCUT2D eigenvalue weighted by molar-refractivity contribution is -0.107. The van der Waals surface area contributed by atoms with Crippen molar-refractivity contribution >= 4 is 17.9 Å². The third-order valence-corrected chi connectivity index (χ3v) is 3.60. The predicted molar refractivity (Wildman–Crippen MR) is 85.0 cm³/mol. The van der Waals surface area contributed by atoms with E-state index in [1.165, 1.54) is 4.90 Å². The first-order chi connectivity index (χ1) is 9.93. The molecular formula is C18H19NO2. The molecule has 0 aliphatic carbocycles. The molecule has 1 amide bonds. The van der Waals surface area contributed by atoms with Crippen LogP contribution >= 0.6 is 0 Å². The van der Waals surface area contributed by atoms with Gasteiger partial charge in [0.15, 0.2) is 5.78 Å². The number of hydrogen-bond acceptors (Lipinski definition) is 2. The summed E-state index contributed by atoms with van der Waals surface area (Å²) in [6.07, 6.45) is 0.741. The summed E-state index contributed by atoms with van der Waals surface area (Å²) >= 11 is 0. The number of carbonyl (C=O) groups excluding carboxylic acids is 2. The molecule has 0 aliphatic heterocycles. The highest BCUT2D eigenvalue weighted by atomic mass is 16.1. The van der Waals surface area contributed by atoms with Crippen LogP contribution in [0.15, 0.2) is 36.4 Å². The van der Waals surface area contributed by atoms with Crippen LogP contribution in [0.2, 0.25) is 0 Å². The van der Waals surface area contributed by atoms with Crippen LogP contribution in [0.25, 0.3) is 0 Å². The molecule has 0 radical (unpaired) electrons. The second-order valence-electron chi connectivity index (χ2n) is 5.37. The third kappa shape index (κ3) is 3.02. The van der Waals surface area contributed by atoms with Gasteiger partial charge in [0.1, 0.15) is 0 Å². The number of benzene rings is 2. The smallest absolute Gasteiger partial charge is 0.213 e. The average molecular weight is 281 g/mol. The lowest BCUT2D eigenvalue weighted by Gasteiger charge is -2.13. The van der Waals surface area contributed by atoms with Crippen molar-refractivity contribution in [1.29, 1.82) is 0 Å². The normalized spacial score (nSPS) is 10.3. The lowest BCUT2D eigenvalue weighted by atomic mass is 9.93. The van der Waals surface area contributed by atoms with E-state index in [1.54, 1.807) is 31.3 Å². The van der Waals surface area contributed by atoms with E-state index in [2.05, 4.69) is 0 Å². The molecule has 3 heteroatoms. The van der Waals surface area contributed by atoms with E-state index in [-0.39, 0.29) is 5.78 Å². The zero-order valence-electron chi connectivity index (χ0n) is 12.8. The molecule has 2 aromatic carbocycles. The van der Waals surface area contributed by atoms with Gasteiger partial charge in [0.05, 0.1) is 0 Å². The van der Waals surface area contributed by atoms with Crippen molar-refractivity contribution in [3.05, 3.63) is 64.2 Å². The van der Waals surface area contributed by atoms with Crippen LogP contribution in [0.4, 0.5) is 5.69 Å². The number of nitrogens with zero attached hydrogens (tertiary/aromatic N) is 1. The lowest BCUT2D eigenvalue weighted by Crippen LogP contribution is -2.14. The number of amides is 1. The van der Waals surface area contributed by atoms with E-state index in [0.717, 1.165) is 34.4 Å². The fraction of sp³-hybridized carbons (Fsp3) is 0.222. The molecule has 0 fully saturated rings. The molecule has 0 N–H and O–H groups in total. The van der Waals surface area contributed by atoms with E-state index in [1.807, 2.05) is 32.9 Å². The van der Waals surface area contributed by atoms with Crippen LogP contribution in [-0.2, 0) is 4.79 Å². The Morgan fingerprint density at radius 3 is 2.00 bits per heavy atom. The Labute approximate surface area is 125 Å². The van der Waals surface area contributed by atoms with Gasteiger partial charge in [-0.3, -0.25) is 9.59 Å². The van der Waals surface area contributed by atoms with Crippen LogP contribution in [0.1, 0.15) is 32.6 Å². The van der Waals surface area contributed by atoms with Gasteiger partial charge in [0, 0.05) is 23.9 Å². The van der Waals surface area contributed by atoms with Gasteiger partial charge in [0.2, 0.25) is 6.41 Å². The molecule has 108 valence electrons. The second-order valence-corrected chi connectivity index (χ2v) is 5.37. The first kappa shape index (κ1) is 15.0. The Balaban J connectivity index is 2.39. The summed E-state index contributed by atoms with van der Waals surface area (Å²) in [6, 6.07) is 11.1. The summed E-state index contributed by atoms with van der Waals surface area (Å²) in [5.74, 6) is 0.0188. The first-order valence-electron chi connectivity index (χ1n) is 6.84. The van der Waals surface area contributed by atoms with E-state index in [0.29, 0.717) is 5.56 Å². The highest BCUT2D eigenvalue weighted by Gasteiger charge is 2.15. The van der Waals surface area contributed by atoms with Crippen molar-refractivity contribution in [2.24, 2.45) is 0 Å². The maximum absolute atomic E-state index is 12.7. The van der Waals surface area contributed by atoms with Gasteiger partial charge >= 0.3 is 0 Å². The van der Waals surface area contributed by atoms with Crippen LogP contribution in [0.5, 0.6) is 0 Å². The Morgan fingerprint density at radius 1 is 1.00 bits per heavy atom. The summed E-state index contributed by atoms with van der Waals surface area (Å²) in [4.78, 5) is 24.9. The maximum Gasteiger partial charge on any atom is 0.213 e. The molecule has 0 saturated heterocycles. The van der Waals surface area contributed by atoms with Crippen molar-refractivity contribution in [3.8, 4) is 0 Å². The zero-order chi connectivity index (χ0) is 15.6. The summed E-state index contributed by atoms with van der Waals surface area (Å²) in [5, 5.41) is 0. The molecule has 3 nitrogen and oxygen atoms in total. The topological polar surface area (TPSA) is 37.4 Å². The Bertz CT molecular complexity index is 664. The molecule has 0 aliphatic rings. The van der Waals surface area contributed by atoms with Gasteiger partial charge in [-0.15, -0.1) is 0 Å². The number of anilines is 1. The van der Waals surface area contributed by atoms with E-state index in [4.69, 9.17) is 0 Å². The van der Waals surface area contributed by atoms with Gasteiger partial charge in [-0.1, -0.05) is 17.7 Å². The van der Waals surface area contributed by atoms with Crippen LogP contribution in [-0.4, -0.2) is 19.2 Å². The number of carbonyl (C=O) groups is 2. The minimum Gasteiger partial charge on any atom is -0.318 e. The number of ketones is 1. The quantitative estimate of drug-likeness (QED) is 0.636. The summed E-state index contributed by atoms with van der Waals surface area (Å²) in [5.41, 5.74) is 5.30. The van der Waals surface area contributed by atoms with Crippen molar-refractivity contribution in [3.63, 3.8) is 0 Å². The second kappa shape index (κ2) is 5.92. The summed E-state index contributed by atoms with van der Waals surface area (Å²) in [6.45, 7) is 5.95. The fourth-order valence-electron chi connectivity index (χ4n) is 2.59. The number of rotatable bonds is 4. The van der Waals surface area contributed by atoms with Crippen molar-refractivity contribution in [1.82, 2.24) is 0 Å². The van der Waals surface area contributed by atoms with Gasteiger partial charge in [-0.05, 0) is 56.2 Å². The van der Waals surface area contributed by atoms with E-state index >= 15 is 0 Å². The zero-order valence-corrected chi connectivity index (χ0v) is 12.8. The largest absolute Gasteiger partial charge is 0.318 e. The number of aryl methyl sites for hydroxylation is 3. The average Bonchev–Trinajstić information content (AvgIpc) is 2.45. The molecule has 0 bridgehead atoms. The Morgan fingerprint density at radius 2 is 1.52 bits per heavy atom. The molecule has 0 unspecified atom stereocenters. The fourth-order valence-corrected chi connectivity index (χ4v) is 2.59. The highest BCUT2D eigenvalue weighted by molar-refractivity contribution is 6.11. The minimum atomic E-state index is 0.0188. The molecule has 0 spiro atoms. The van der Waals surface area contributed by atoms with Crippen LogP contribution in [0, 0.1) is 20.8 Å². The molecule has 21 heavy (non-hydrogen) atoms. The van der Waals surface area contributed by atoms with Gasteiger partial charge in [0.25, 0.3) is 0 Å². The van der Waals surface area contributed by atoms with E-state index in [9.17, 15) is 9.59 Å². The minimum absolute atomic E-state index is 0.0188. The Hall–Kier alpha value is -2.42. The van der Waals surface area contributed by atoms with Gasteiger partial charge < -0.3 is 4.90 Å². The highest BCUT2D eigenvalue weighted by Crippen LogP contribution is 2.21. The van der Waals surface area contributed by atoms with Crippen molar-refractivity contribution < 1.29 is 9.59 Å². The molecular weight excluding hydrogens is 262 g/mol. The standard InChI is InChI=1S/C18H19NO2/c1-12-9-13(2)17(14(3)10-12)18(21)15-5-7-16(8-6-15)19(4)11-20/h5-11H,1-4H3. The van der Waals surface area contributed by atoms with E-state index < -0.39 is 0 Å². The van der Waals surface area contributed by atoms with Crippen LogP contribution in [0.3, 0.4) is 0 Å².